The SMILES string of the molecule is COc1cc(OC)c(NC(=O)c2cc(C)c(OCC(=O)O)c(C)c2)cc1Cl. The molecule has 0 bridgehead atoms. The van der Waals surface area contributed by atoms with Crippen LogP contribution in [0.4, 0.5) is 5.69 Å². The van der Waals surface area contributed by atoms with E-state index in [0.29, 0.717) is 44.6 Å². The number of carboxylic acid groups (broad SMARTS) is 1. The fourth-order valence-electron chi connectivity index (χ4n) is 2.60. The Kier molecular flexibility index (Phi) is 6.52. The predicted octanol–water partition coefficient (Wildman–Crippen LogP) is 3.69. The Balaban J connectivity index is 2.29. The molecule has 0 heterocycles. The molecule has 0 fully saturated rings. The van der Waals surface area contributed by atoms with Crippen LogP contribution in [0.1, 0.15) is 21.5 Å². The molecule has 2 N–H and O–H groups in total. The maximum atomic E-state index is 12.7. The van der Waals surface area contributed by atoms with E-state index in [4.69, 9.17) is 30.9 Å². The summed E-state index contributed by atoms with van der Waals surface area (Å²) in [6, 6.07) is 6.37. The summed E-state index contributed by atoms with van der Waals surface area (Å²) in [5.41, 5.74) is 2.10. The first-order chi connectivity index (χ1) is 12.8. The van der Waals surface area contributed by atoms with Gasteiger partial charge in [-0.3, -0.25) is 4.79 Å². The van der Waals surface area contributed by atoms with Crippen LogP contribution in [0, 0.1) is 13.8 Å². The maximum Gasteiger partial charge on any atom is 0.341 e. The third-order valence-electron chi connectivity index (χ3n) is 3.78. The summed E-state index contributed by atoms with van der Waals surface area (Å²) in [7, 11) is 2.96. The predicted molar refractivity (Wildman–Crippen MR) is 102 cm³/mol. The highest BCUT2D eigenvalue weighted by molar-refractivity contribution is 6.32. The molecule has 8 heteroatoms. The lowest BCUT2D eigenvalue weighted by molar-refractivity contribution is -0.139. The molecule has 0 aliphatic heterocycles. The Morgan fingerprint density at radius 2 is 1.63 bits per heavy atom. The summed E-state index contributed by atoms with van der Waals surface area (Å²) in [4.78, 5) is 23.3. The van der Waals surface area contributed by atoms with Crippen molar-refractivity contribution in [3.8, 4) is 17.2 Å². The van der Waals surface area contributed by atoms with E-state index in [1.54, 1.807) is 38.1 Å². The molecule has 0 saturated heterocycles. The number of halogens is 1. The van der Waals surface area contributed by atoms with E-state index in [1.807, 2.05) is 0 Å². The Morgan fingerprint density at radius 1 is 1.04 bits per heavy atom. The number of hydrogen-bond donors (Lipinski definition) is 2. The summed E-state index contributed by atoms with van der Waals surface area (Å²) in [6.07, 6.45) is 0. The minimum absolute atomic E-state index is 0.332. The van der Waals surface area contributed by atoms with Gasteiger partial charge in [0.25, 0.3) is 5.91 Å². The van der Waals surface area contributed by atoms with Crippen LogP contribution in [-0.2, 0) is 4.79 Å². The van der Waals surface area contributed by atoms with E-state index < -0.39 is 12.6 Å². The molecule has 2 rings (SSSR count). The van der Waals surface area contributed by atoms with Crippen LogP contribution in [0.5, 0.6) is 17.2 Å². The molecule has 144 valence electrons. The van der Waals surface area contributed by atoms with Crippen molar-refractivity contribution >= 4 is 29.2 Å². The van der Waals surface area contributed by atoms with E-state index in [1.165, 1.54) is 14.2 Å². The van der Waals surface area contributed by atoms with Gasteiger partial charge < -0.3 is 24.6 Å². The van der Waals surface area contributed by atoms with Gasteiger partial charge in [0.1, 0.15) is 17.2 Å². The minimum Gasteiger partial charge on any atom is -0.495 e. The zero-order valence-corrected chi connectivity index (χ0v) is 16.1. The molecule has 2 aromatic rings. The molecule has 0 aliphatic carbocycles. The molecule has 0 atom stereocenters. The van der Waals surface area contributed by atoms with E-state index in [9.17, 15) is 9.59 Å². The van der Waals surface area contributed by atoms with E-state index in [0.717, 1.165) is 0 Å². The van der Waals surface area contributed by atoms with Crippen molar-refractivity contribution in [2.24, 2.45) is 0 Å². The molecule has 0 aliphatic rings. The largest absolute Gasteiger partial charge is 0.495 e. The molecule has 0 saturated carbocycles. The highest BCUT2D eigenvalue weighted by atomic mass is 35.5. The first kappa shape index (κ1) is 20.4. The van der Waals surface area contributed by atoms with Crippen LogP contribution >= 0.6 is 11.6 Å². The molecule has 2 aromatic carbocycles. The fourth-order valence-corrected chi connectivity index (χ4v) is 2.84. The van der Waals surface area contributed by atoms with Crippen LogP contribution in [0.2, 0.25) is 5.02 Å². The molecule has 0 spiro atoms. The van der Waals surface area contributed by atoms with Crippen molar-refractivity contribution in [1.29, 1.82) is 0 Å². The van der Waals surface area contributed by atoms with Gasteiger partial charge in [0.15, 0.2) is 6.61 Å². The van der Waals surface area contributed by atoms with Gasteiger partial charge in [0.2, 0.25) is 0 Å². The van der Waals surface area contributed by atoms with Crippen LogP contribution in [-0.4, -0.2) is 37.8 Å². The molecular weight excluding hydrogens is 374 g/mol. The summed E-state index contributed by atoms with van der Waals surface area (Å²) < 4.78 is 15.7. The number of anilines is 1. The Labute approximate surface area is 161 Å². The monoisotopic (exact) mass is 393 g/mol. The first-order valence-corrected chi connectivity index (χ1v) is 8.33. The van der Waals surface area contributed by atoms with Crippen LogP contribution < -0.4 is 19.5 Å². The van der Waals surface area contributed by atoms with Gasteiger partial charge in [-0.25, -0.2) is 4.79 Å². The number of ether oxygens (including phenoxy) is 3. The Morgan fingerprint density at radius 3 is 2.15 bits per heavy atom. The van der Waals surface area contributed by atoms with Crippen molar-refractivity contribution in [3.63, 3.8) is 0 Å². The Bertz CT molecular complexity index is 858. The van der Waals surface area contributed by atoms with Crippen molar-refractivity contribution in [3.05, 3.63) is 46.0 Å². The molecule has 1 amide bonds. The van der Waals surface area contributed by atoms with Crippen molar-refractivity contribution in [1.82, 2.24) is 0 Å². The zero-order chi connectivity index (χ0) is 20.1. The highest BCUT2D eigenvalue weighted by Crippen LogP contribution is 2.36. The summed E-state index contributed by atoms with van der Waals surface area (Å²) in [5, 5.41) is 11.8. The second-order valence-corrected chi connectivity index (χ2v) is 6.17. The van der Waals surface area contributed by atoms with Gasteiger partial charge in [-0.2, -0.15) is 0 Å². The lowest BCUT2D eigenvalue weighted by atomic mass is 10.0. The molecule has 0 radical (unpaired) electrons. The highest BCUT2D eigenvalue weighted by Gasteiger charge is 2.16. The van der Waals surface area contributed by atoms with Crippen molar-refractivity contribution < 1.29 is 28.9 Å². The van der Waals surface area contributed by atoms with Gasteiger partial charge in [-0.1, -0.05) is 11.6 Å². The number of hydrogen-bond acceptors (Lipinski definition) is 5. The molecule has 27 heavy (non-hydrogen) atoms. The second-order valence-electron chi connectivity index (χ2n) is 5.76. The third-order valence-corrected chi connectivity index (χ3v) is 4.08. The smallest absolute Gasteiger partial charge is 0.341 e. The number of rotatable bonds is 7. The third kappa shape index (κ3) is 4.83. The number of benzene rings is 2. The number of carbonyl (C=O) groups is 2. The number of nitrogens with one attached hydrogen (secondary N) is 1. The number of aliphatic carboxylic acids is 1. The summed E-state index contributed by atoms with van der Waals surface area (Å²) in [5.74, 6) is -0.166. The van der Waals surface area contributed by atoms with Gasteiger partial charge >= 0.3 is 5.97 Å². The van der Waals surface area contributed by atoms with Gasteiger partial charge in [-0.05, 0) is 43.2 Å². The number of methoxy groups -OCH3 is 2. The van der Waals surface area contributed by atoms with Crippen LogP contribution in [0.25, 0.3) is 0 Å². The summed E-state index contributed by atoms with van der Waals surface area (Å²) >= 11 is 6.12. The standard InChI is InChI=1S/C19H20ClNO6/c1-10-5-12(6-11(2)18(10)27-9-17(22)23)19(24)21-14-7-13(20)15(25-3)8-16(14)26-4/h5-8H,9H2,1-4H3,(H,21,24)(H,22,23). The fraction of sp³-hybridized carbons (Fsp3) is 0.263. The average molecular weight is 394 g/mol. The second kappa shape index (κ2) is 8.64. The normalized spacial score (nSPS) is 10.3. The van der Waals surface area contributed by atoms with Gasteiger partial charge in [0, 0.05) is 11.6 Å². The lowest BCUT2D eigenvalue weighted by Crippen LogP contribution is -2.15. The average Bonchev–Trinajstić information content (AvgIpc) is 2.60. The number of aryl methyl sites for hydroxylation is 2. The minimum atomic E-state index is -1.07. The molecule has 7 nitrogen and oxygen atoms in total. The van der Waals surface area contributed by atoms with Crippen molar-refractivity contribution in [2.45, 2.75) is 13.8 Å². The molecule has 0 unspecified atom stereocenters. The van der Waals surface area contributed by atoms with E-state index in [-0.39, 0.29) is 5.91 Å². The Hall–Kier alpha value is -2.93. The number of carbonyl (C=O) groups excluding carboxylic acids is 1. The van der Waals surface area contributed by atoms with Gasteiger partial charge in [-0.15, -0.1) is 0 Å². The number of amides is 1. The topological polar surface area (TPSA) is 94.1 Å². The zero-order valence-electron chi connectivity index (χ0n) is 15.4. The quantitative estimate of drug-likeness (QED) is 0.745. The van der Waals surface area contributed by atoms with Crippen LogP contribution in [0.3, 0.4) is 0 Å². The van der Waals surface area contributed by atoms with Gasteiger partial charge in [0.05, 0.1) is 24.9 Å². The van der Waals surface area contributed by atoms with E-state index in [2.05, 4.69) is 5.32 Å². The maximum absolute atomic E-state index is 12.7. The van der Waals surface area contributed by atoms with Crippen molar-refractivity contribution in [2.75, 3.05) is 26.1 Å². The number of carboxylic acids is 1. The molecular formula is C19H20ClNO6. The summed E-state index contributed by atoms with van der Waals surface area (Å²) in [6.45, 7) is 3.03. The first-order valence-electron chi connectivity index (χ1n) is 7.95. The molecule has 0 aromatic heterocycles. The lowest BCUT2D eigenvalue weighted by Gasteiger charge is -2.15. The van der Waals surface area contributed by atoms with Crippen LogP contribution in [0.15, 0.2) is 24.3 Å². The van der Waals surface area contributed by atoms with E-state index >= 15 is 0 Å².